The summed E-state index contributed by atoms with van der Waals surface area (Å²) in [6, 6.07) is 14.6. The normalized spacial score (nSPS) is 15.0. The van der Waals surface area contributed by atoms with Gasteiger partial charge in [-0.1, -0.05) is 42.5 Å². The van der Waals surface area contributed by atoms with E-state index in [0.29, 0.717) is 6.54 Å². The molecule has 0 aliphatic heterocycles. The van der Waals surface area contributed by atoms with Crippen LogP contribution >= 0.6 is 0 Å². The van der Waals surface area contributed by atoms with Gasteiger partial charge in [0.2, 0.25) is 0 Å². The molecule has 1 atom stereocenters. The Hall–Kier alpha value is -2.62. The summed E-state index contributed by atoms with van der Waals surface area (Å²) in [6.45, 7) is 6.16. The first kappa shape index (κ1) is 19.2. The zero-order chi connectivity index (χ0) is 19.4. The Labute approximate surface area is 160 Å². The van der Waals surface area contributed by atoms with Gasteiger partial charge in [-0.15, -0.1) is 0 Å². The van der Waals surface area contributed by atoms with Crippen molar-refractivity contribution in [3.05, 3.63) is 59.2 Å². The van der Waals surface area contributed by atoms with Gasteiger partial charge in [-0.3, -0.25) is 0 Å². The summed E-state index contributed by atoms with van der Waals surface area (Å²) >= 11 is 0. The van der Waals surface area contributed by atoms with Crippen LogP contribution in [0.1, 0.15) is 56.2 Å². The molecule has 3 rings (SSSR count). The number of carbonyl (C=O) groups is 2. The van der Waals surface area contributed by atoms with Crippen molar-refractivity contribution >= 4 is 12.4 Å². The summed E-state index contributed by atoms with van der Waals surface area (Å²) < 4.78 is 5.22. The van der Waals surface area contributed by atoms with Crippen LogP contribution in [0.15, 0.2) is 42.5 Å². The van der Waals surface area contributed by atoms with Gasteiger partial charge in [0, 0.05) is 6.54 Å². The van der Waals surface area contributed by atoms with Crippen LogP contribution in [0.25, 0.3) is 11.1 Å². The van der Waals surface area contributed by atoms with Crippen LogP contribution in [0.5, 0.6) is 0 Å². The van der Waals surface area contributed by atoms with Crippen LogP contribution < -0.4 is 5.32 Å². The molecular weight excluding hydrogens is 338 g/mol. The molecule has 1 aliphatic rings. The van der Waals surface area contributed by atoms with Crippen molar-refractivity contribution in [3.63, 3.8) is 0 Å². The molecule has 4 nitrogen and oxygen atoms in total. The maximum absolute atomic E-state index is 11.7. The minimum Gasteiger partial charge on any atom is -0.444 e. The quantitative estimate of drug-likeness (QED) is 0.588. The Morgan fingerprint density at radius 1 is 1.07 bits per heavy atom. The Morgan fingerprint density at radius 3 is 2.56 bits per heavy atom. The topological polar surface area (TPSA) is 55.4 Å². The highest BCUT2D eigenvalue weighted by Crippen LogP contribution is 2.43. The van der Waals surface area contributed by atoms with Crippen molar-refractivity contribution in [3.8, 4) is 11.1 Å². The van der Waals surface area contributed by atoms with Gasteiger partial charge in [0.1, 0.15) is 11.9 Å². The van der Waals surface area contributed by atoms with Crippen LogP contribution in [0.4, 0.5) is 4.79 Å². The third-order valence-corrected chi connectivity index (χ3v) is 4.73. The number of fused-ring (bicyclic) bond motifs is 3. The van der Waals surface area contributed by atoms with E-state index in [0.717, 1.165) is 47.8 Å². The highest BCUT2D eigenvalue weighted by molar-refractivity contribution is 5.87. The fourth-order valence-corrected chi connectivity index (χ4v) is 3.56. The summed E-state index contributed by atoms with van der Waals surface area (Å²) in [6.07, 6.45) is 3.44. The second kappa shape index (κ2) is 7.95. The minimum absolute atomic E-state index is 0.162. The van der Waals surface area contributed by atoms with E-state index in [-0.39, 0.29) is 12.0 Å². The third-order valence-electron chi connectivity index (χ3n) is 4.73. The van der Waals surface area contributed by atoms with Crippen LogP contribution in [0, 0.1) is 0 Å². The summed E-state index contributed by atoms with van der Waals surface area (Å²) in [5.74, 6) is -0.162. The fraction of sp³-hybridized carbons (Fsp3) is 0.391. The predicted octanol–water partition coefficient (Wildman–Crippen LogP) is 4.85. The van der Waals surface area contributed by atoms with Crippen molar-refractivity contribution in [2.75, 3.05) is 6.54 Å². The van der Waals surface area contributed by atoms with E-state index < -0.39 is 5.60 Å². The molecule has 1 aliphatic carbocycles. The number of nitrogens with one attached hydrogen (secondary N) is 1. The van der Waals surface area contributed by atoms with E-state index in [1.54, 1.807) is 0 Å². The lowest BCUT2D eigenvalue weighted by molar-refractivity contribution is -0.108. The van der Waals surface area contributed by atoms with Crippen LogP contribution in [-0.4, -0.2) is 24.5 Å². The van der Waals surface area contributed by atoms with Crippen molar-refractivity contribution in [2.45, 2.75) is 51.6 Å². The van der Waals surface area contributed by atoms with E-state index in [1.165, 1.54) is 5.56 Å². The number of aryl methyl sites for hydroxylation is 1. The number of hydrogen-bond donors (Lipinski definition) is 1. The number of unbranched alkanes of at least 4 members (excludes halogenated alkanes) is 1. The summed E-state index contributed by atoms with van der Waals surface area (Å²) in [7, 11) is 0. The maximum Gasteiger partial charge on any atom is 0.407 e. The monoisotopic (exact) mass is 365 g/mol. The van der Waals surface area contributed by atoms with Crippen molar-refractivity contribution < 1.29 is 14.3 Å². The first-order valence-corrected chi connectivity index (χ1v) is 9.53. The molecule has 0 spiro atoms. The van der Waals surface area contributed by atoms with Gasteiger partial charge in [0.25, 0.3) is 0 Å². The van der Waals surface area contributed by atoms with Gasteiger partial charge in [-0.2, -0.15) is 0 Å². The molecule has 142 valence electrons. The minimum atomic E-state index is -0.471. The van der Waals surface area contributed by atoms with Gasteiger partial charge >= 0.3 is 6.09 Å². The molecule has 1 unspecified atom stereocenters. The molecule has 4 heteroatoms. The lowest BCUT2D eigenvalue weighted by atomic mass is 9.96. The average Bonchev–Trinajstić information content (AvgIpc) is 2.93. The Balaban J connectivity index is 1.54. The molecule has 0 aromatic heterocycles. The molecule has 2 aromatic rings. The molecule has 0 fully saturated rings. The van der Waals surface area contributed by atoms with E-state index in [4.69, 9.17) is 4.74 Å². The lowest BCUT2D eigenvalue weighted by Gasteiger charge is -2.19. The third kappa shape index (κ3) is 4.57. The SMILES string of the molecule is CC(C)(C)OC(=O)NCCCCc1ccc2c(c1)C(C=O)c1ccccc1-2. The predicted molar refractivity (Wildman–Crippen MR) is 107 cm³/mol. The molecular formula is C23H27NO3. The van der Waals surface area contributed by atoms with Gasteiger partial charge in [0.15, 0.2) is 0 Å². The highest BCUT2D eigenvalue weighted by Gasteiger charge is 2.27. The molecule has 0 radical (unpaired) electrons. The molecule has 27 heavy (non-hydrogen) atoms. The van der Waals surface area contributed by atoms with E-state index in [9.17, 15) is 9.59 Å². The Kier molecular flexibility index (Phi) is 5.64. The van der Waals surface area contributed by atoms with Crippen molar-refractivity contribution in [2.24, 2.45) is 0 Å². The average molecular weight is 365 g/mol. The van der Waals surface area contributed by atoms with Crippen LogP contribution in [-0.2, 0) is 16.0 Å². The van der Waals surface area contributed by atoms with Crippen molar-refractivity contribution in [1.82, 2.24) is 5.32 Å². The van der Waals surface area contributed by atoms with Gasteiger partial charge in [-0.05, 0) is 67.9 Å². The number of alkyl carbamates (subject to hydrolysis) is 1. The number of amides is 1. The van der Waals surface area contributed by atoms with Crippen LogP contribution in [0.2, 0.25) is 0 Å². The molecule has 0 saturated heterocycles. The highest BCUT2D eigenvalue weighted by atomic mass is 16.6. The summed E-state index contributed by atoms with van der Waals surface area (Å²) in [5, 5.41) is 2.79. The zero-order valence-electron chi connectivity index (χ0n) is 16.2. The standard InChI is InChI=1S/C23H27NO3/c1-23(2,3)27-22(26)24-13-7-6-8-16-11-12-19-17-9-4-5-10-18(17)21(15-25)20(19)14-16/h4-5,9-12,14-15,21H,6-8,13H2,1-3H3,(H,24,26). The Bertz CT molecular complexity index is 836. The first-order valence-electron chi connectivity index (χ1n) is 9.53. The fourth-order valence-electron chi connectivity index (χ4n) is 3.56. The second-order valence-electron chi connectivity index (χ2n) is 8.01. The largest absolute Gasteiger partial charge is 0.444 e. The van der Waals surface area contributed by atoms with E-state index in [2.05, 4.69) is 29.6 Å². The number of benzene rings is 2. The zero-order valence-corrected chi connectivity index (χ0v) is 16.2. The van der Waals surface area contributed by atoms with Gasteiger partial charge in [-0.25, -0.2) is 4.79 Å². The molecule has 2 aromatic carbocycles. The molecule has 0 bridgehead atoms. The molecule has 1 amide bonds. The molecule has 1 N–H and O–H groups in total. The van der Waals surface area contributed by atoms with E-state index in [1.807, 2.05) is 39.0 Å². The summed E-state index contributed by atoms with van der Waals surface area (Å²) in [4.78, 5) is 23.3. The van der Waals surface area contributed by atoms with Crippen LogP contribution in [0.3, 0.4) is 0 Å². The number of hydrogen-bond acceptors (Lipinski definition) is 3. The molecule has 0 heterocycles. The lowest BCUT2D eigenvalue weighted by Crippen LogP contribution is -2.33. The summed E-state index contributed by atoms with van der Waals surface area (Å²) in [5.41, 5.74) is 5.29. The number of rotatable bonds is 6. The van der Waals surface area contributed by atoms with Gasteiger partial charge < -0.3 is 14.8 Å². The van der Waals surface area contributed by atoms with Crippen molar-refractivity contribution in [1.29, 1.82) is 0 Å². The molecule has 0 saturated carbocycles. The number of aldehydes is 1. The Morgan fingerprint density at radius 2 is 1.81 bits per heavy atom. The number of carbonyl (C=O) groups excluding carboxylic acids is 2. The smallest absolute Gasteiger partial charge is 0.407 e. The maximum atomic E-state index is 11.7. The van der Waals surface area contributed by atoms with Gasteiger partial charge in [0.05, 0.1) is 5.92 Å². The number of ether oxygens (including phenoxy) is 1. The first-order chi connectivity index (χ1) is 12.9. The van der Waals surface area contributed by atoms with E-state index >= 15 is 0 Å². The second-order valence-corrected chi connectivity index (χ2v) is 8.01.